The van der Waals surface area contributed by atoms with E-state index in [-0.39, 0.29) is 35.0 Å². The van der Waals surface area contributed by atoms with E-state index in [2.05, 4.69) is 0 Å². The second kappa shape index (κ2) is 6.80. The molecule has 0 unspecified atom stereocenters. The molecule has 1 aliphatic heterocycles. The van der Waals surface area contributed by atoms with E-state index in [1.807, 2.05) is 36.4 Å². The maximum absolute atomic E-state index is 12.7. The maximum atomic E-state index is 12.7. The van der Waals surface area contributed by atoms with Gasteiger partial charge in [-0.3, -0.25) is 9.59 Å². The number of ketones is 1. The van der Waals surface area contributed by atoms with E-state index in [4.69, 9.17) is 16.9 Å². The maximum Gasteiger partial charge on any atom is 0.258 e. The van der Waals surface area contributed by atoms with Crippen LogP contribution in [0.5, 0.6) is 5.75 Å². The van der Waals surface area contributed by atoms with Crippen molar-refractivity contribution >= 4 is 23.3 Å². The van der Waals surface area contributed by atoms with Crippen LogP contribution in [0.3, 0.4) is 0 Å². The van der Waals surface area contributed by atoms with Gasteiger partial charge in [-0.05, 0) is 23.8 Å². The molecule has 1 heterocycles. The van der Waals surface area contributed by atoms with Crippen molar-refractivity contribution in [2.45, 2.75) is 0 Å². The van der Waals surface area contributed by atoms with Crippen molar-refractivity contribution in [2.75, 3.05) is 13.1 Å². The number of carbonyl (C=O) groups excluding carboxylic acids is 2. The number of Topliss-reactive ketones (excluding diaryl/α,β-unsaturated/α-hetero) is 1. The molecule has 6 heteroatoms. The molecule has 0 bridgehead atoms. The Kier molecular flexibility index (Phi) is 4.55. The number of hydrogen-bond acceptors (Lipinski definition) is 4. The zero-order valence-corrected chi connectivity index (χ0v) is 13.8. The van der Waals surface area contributed by atoms with Gasteiger partial charge in [-0.25, -0.2) is 0 Å². The lowest BCUT2D eigenvalue weighted by Crippen LogP contribution is -2.29. The third-order valence-corrected chi connectivity index (χ3v) is 4.34. The first-order chi connectivity index (χ1) is 12.0. The lowest BCUT2D eigenvalue weighted by Gasteiger charge is -2.12. The highest BCUT2D eigenvalue weighted by molar-refractivity contribution is 6.35. The second-order valence-corrected chi connectivity index (χ2v) is 5.89. The molecule has 0 radical (unpaired) electrons. The minimum atomic E-state index is -0.505. The van der Waals surface area contributed by atoms with Gasteiger partial charge >= 0.3 is 0 Å². The summed E-state index contributed by atoms with van der Waals surface area (Å²) in [4.78, 5) is 26.2. The number of benzene rings is 2. The Balaban J connectivity index is 1.99. The van der Waals surface area contributed by atoms with Crippen molar-refractivity contribution in [2.24, 2.45) is 0 Å². The molecule has 1 N–H and O–H groups in total. The summed E-state index contributed by atoms with van der Waals surface area (Å²) in [5, 5.41) is 18.9. The number of nitrogens with zero attached hydrogens (tertiary/aromatic N) is 2. The predicted octanol–water partition coefficient (Wildman–Crippen LogP) is 3.19. The highest BCUT2D eigenvalue weighted by atomic mass is 35.5. The fourth-order valence-corrected chi connectivity index (χ4v) is 2.90. The van der Waals surface area contributed by atoms with Crippen LogP contribution in [-0.4, -0.2) is 34.8 Å². The number of phenols is 1. The first-order valence-electron chi connectivity index (χ1n) is 7.52. The van der Waals surface area contributed by atoms with Crippen molar-refractivity contribution in [3.05, 3.63) is 64.7 Å². The number of aromatic hydroxyl groups is 1. The third kappa shape index (κ3) is 3.12. The molecule has 3 rings (SSSR count). The number of hydrogen-bond donors (Lipinski definition) is 1. The van der Waals surface area contributed by atoms with Crippen LogP contribution >= 0.6 is 11.6 Å². The zero-order chi connectivity index (χ0) is 18.0. The summed E-state index contributed by atoms with van der Waals surface area (Å²) < 4.78 is 0. The van der Waals surface area contributed by atoms with Crippen molar-refractivity contribution in [1.82, 2.24) is 4.90 Å². The molecule has 0 aromatic heterocycles. The zero-order valence-electron chi connectivity index (χ0n) is 13.1. The van der Waals surface area contributed by atoms with Gasteiger partial charge in [-0.15, -0.1) is 0 Å². The second-order valence-electron chi connectivity index (χ2n) is 5.51. The Morgan fingerprint density at radius 3 is 2.68 bits per heavy atom. The van der Waals surface area contributed by atoms with Gasteiger partial charge in [0, 0.05) is 17.7 Å². The van der Waals surface area contributed by atoms with E-state index in [9.17, 15) is 14.7 Å². The predicted molar refractivity (Wildman–Crippen MR) is 93.2 cm³/mol. The molecular formula is C19H13ClN2O3. The van der Waals surface area contributed by atoms with Crippen molar-refractivity contribution < 1.29 is 14.7 Å². The van der Waals surface area contributed by atoms with Gasteiger partial charge in [-0.2, -0.15) is 5.26 Å². The van der Waals surface area contributed by atoms with Gasteiger partial charge < -0.3 is 10.0 Å². The first-order valence-corrected chi connectivity index (χ1v) is 7.89. The van der Waals surface area contributed by atoms with E-state index >= 15 is 0 Å². The van der Waals surface area contributed by atoms with Crippen molar-refractivity contribution in [1.29, 1.82) is 5.26 Å². The SMILES string of the molecule is N#CCN1CC=C(C(=O)c2cc(O)c(Cl)c(-c3ccccc3)c2)C1=O. The highest BCUT2D eigenvalue weighted by Gasteiger charge is 2.30. The number of phenolic OH excluding ortho intramolecular Hbond substituents is 1. The van der Waals surface area contributed by atoms with Crippen LogP contribution in [0.15, 0.2) is 54.1 Å². The Labute approximate surface area is 149 Å². The number of rotatable bonds is 4. The van der Waals surface area contributed by atoms with Gasteiger partial charge in [0.1, 0.15) is 12.3 Å². The molecule has 1 aliphatic rings. The standard InChI is InChI=1S/C19H13ClN2O3/c20-17-15(12-4-2-1-3-5-12)10-13(11-16(17)23)18(24)14-6-8-22(9-7-21)19(14)25/h1-6,10-11,23H,8-9H2. The van der Waals surface area contributed by atoms with Crippen LogP contribution < -0.4 is 0 Å². The molecule has 2 aromatic carbocycles. The number of halogens is 1. The fourth-order valence-electron chi connectivity index (χ4n) is 2.68. The average molecular weight is 353 g/mol. The molecule has 0 saturated carbocycles. The summed E-state index contributed by atoms with van der Waals surface area (Å²) in [6, 6.07) is 13.8. The van der Waals surface area contributed by atoms with Crippen molar-refractivity contribution in [3.8, 4) is 22.9 Å². The smallest absolute Gasteiger partial charge is 0.258 e. The molecule has 0 atom stereocenters. The summed E-state index contributed by atoms with van der Waals surface area (Å²) in [7, 11) is 0. The van der Waals surface area contributed by atoms with Gasteiger partial charge in [0.2, 0.25) is 0 Å². The molecule has 1 amide bonds. The summed E-state index contributed by atoms with van der Waals surface area (Å²) in [6.45, 7) is 0.145. The summed E-state index contributed by atoms with van der Waals surface area (Å²) in [5.74, 6) is -1.22. The summed E-state index contributed by atoms with van der Waals surface area (Å²) in [6.07, 6.45) is 1.50. The van der Waals surface area contributed by atoms with Crippen LogP contribution in [0.1, 0.15) is 10.4 Å². The number of amides is 1. The first kappa shape index (κ1) is 16.7. The van der Waals surface area contributed by atoms with Gasteiger partial charge in [0.15, 0.2) is 5.78 Å². The van der Waals surface area contributed by atoms with Gasteiger partial charge in [0.05, 0.1) is 16.7 Å². The molecular weight excluding hydrogens is 340 g/mol. The molecule has 2 aromatic rings. The Hall–Kier alpha value is -3.10. The van der Waals surface area contributed by atoms with Crippen LogP contribution in [0.2, 0.25) is 5.02 Å². The highest BCUT2D eigenvalue weighted by Crippen LogP contribution is 2.36. The molecule has 124 valence electrons. The number of carbonyl (C=O) groups is 2. The topological polar surface area (TPSA) is 81.4 Å². The molecule has 0 fully saturated rings. The third-order valence-electron chi connectivity index (χ3n) is 3.94. The Morgan fingerprint density at radius 1 is 1.28 bits per heavy atom. The Morgan fingerprint density at radius 2 is 2.00 bits per heavy atom. The molecule has 5 nitrogen and oxygen atoms in total. The molecule has 0 spiro atoms. The van der Waals surface area contributed by atoms with Gasteiger partial charge in [-0.1, -0.05) is 41.9 Å². The number of nitriles is 1. The summed E-state index contributed by atoms with van der Waals surface area (Å²) in [5.41, 5.74) is 1.41. The fraction of sp³-hybridized carbons (Fsp3) is 0.105. The lowest BCUT2D eigenvalue weighted by molar-refractivity contribution is -0.124. The normalized spacial score (nSPS) is 13.5. The van der Waals surface area contributed by atoms with E-state index < -0.39 is 11.7 Å². The molecule has 0 aliphatic carbocycles. The van der Waals surface area contributed by atoms with E-state index in [1.165, 1.54) is 17.0 Å². The molecule has 0 saturated heterocycles. The van der Waals surface area contributed by atoms with E-state index in [0.717, 1.165) is 5.56 Å². The Bertz CT molecular complexity index is 930. The van der Waals surface area contributed by atoms with Crippen LogP contribution in [0, 0.1) is 11.3 Å². The van der Waals surface area contributed by atoms with E-state index in [1.54, 1.807) is 6.07 Å². The largest absolute Gasteiger partial charge is 0.506 e. The summed E-state index contributed by atoms with van der Waals surface area (Å²) >= 11 is 6.17. The van der Waals surface area contributed by atoms with Gasteiger partial charge in [0.25, 0.3) is 5.91 Å². The monoisotopic (exact) mass is 352 g/mol. The van der Waals surface area contributed by atoms with E-state index in [0.29, 0.717) is 5.56 Å². The minimum absolute atomic E-state index is 0.00372. The van der Waals surface area contributed by atoms with Crippen molar-refractivity contribution in [3.63, 3.8) is 0 Å². The van der Waals surface area contributed by atoms with Crippen LogP contribution in [-0.2, 0) is 4.79 Å². The average Bonchev–Trinajstić information content (AvgIpc) is 2.98. The van der Waals surface area contributed by atoms with Crippen LogP contribution in [0.4, 0.5) is 0 Å². The quantitative estimate of drug-likeness (QED) is 0.520. The lowest BCUT2D eigenvalue weighted by atomic mass is 9.97. The minimum Gasteiger partial charge on any atom is -0.506 e. The van der Waals surface area contributed by atoms with Crippen LogP contribution in [0.25, 0.3) is 11.1 Å². The molecule has 25 heavy (non-hydrogen) atoms.